The lowest BCUT2D eigenvalue weighted by Crippen LogP contribution is -2.30. The molecule has 4 heteroatoms. The number of hydrogen-bond acceptors (Lipinski definition) is 2. The molecule has 100 valence electrons. The molecule has 0 aromatic heterocycles. The number of halogens is 1. The summed E-state index contributed by atoms with van der Waals surface area (Å²) in [6.45, 7) is 2.12. The third-order valence-electron chi connectivity index (χ3n) is 4.27. The molecule has 0 bridgehead atoms. The molecule has 0 radical (unpaired) electrons. The van der Waals surface area contributed by atoms with E-state index in [9.17, 15) is 14.0 Å². The number of carbonyl (C=O) groups is 2. The van der Waals surface area contributed by atoms with E-state index in [1.807, 2.05) is 0 Å². The zero-order valence-corrected chi connectivity index (χ0v) is 10.8. The molecule has 19 heavy (non-hydrogen) atoms. The zero-order valence-electron chi connectivity index (χ0n) is 10.8. The van der Waals surface area contributed by atoms with Crippen LogP contribution in [0.1, 0.15) is 26.2 Å². The molecule has 0 spiro atoms. The molecule has 3 rings (SSSR count). The van der Waals surface area contributed by atoms with Gasteiger partial charge in [-0.2, -0.15) is 0 Å². The summed E-state index contributed by atoms with van der Waals surface area (Å²) in [5.74, 6) is -0.461. The summed E-state index contributed by atoms with van der Waals surface area (Å²) in [7, 11) is 0. The van der Waals surface area contributed by atoms with Crippen molar-refractivity contribution >= 4 is 17.5 Å². The third-order valence-corrected chi connectivity index (χ3v) is 4.27. The normalized spacial score (nSPS) is 30.6. The van der Waals surface area contributed by atoms with Gasteiger partial charge in [-0.1, -0.05) is 6.92 Å². The molecule has 0 unspecified atom stereocenters. The molecule has 1 aliphatic heterocycles. The van der Waals surface area contributed by atoms with Crippen molar-refractivity contribution in [2.45, 2.75) is 26.2 Å². The molecule has 0 N–H and O–H groups in total. The van der Waals surface area contributed by atoms with E-state index in [2.05, 4.69) is 6.92 Å². The number of anilines is 1. The standard InChI is InChI=1S/C15H16FNO2/c1-9-2-7-12-13(8-9)15(19)17(14(12)18)11-5-3-10(16)4-6-11/h3-6,9,12-13H,2,7-8H2,1H3/t9-,12+,13+/m0/s1. The average molecular weight is 261 g/mol. The largest absolute Gasteiger partial charge is 0.274 e. The van der Waals surface area contributed by atoms with Crippen molar-refractivity contribution in [3.05, 3.63) is 30.1 Å². The van der Waals surface area contributed by atoms with Crippen molar-refractivity contribution in [1.29, 1.82) is 0 Å². The molecule has 2 fully saturated rings. The summed E-state index contributed by atoms with van der Waals surface area (Å²) in [4.78, 5) is 26.0. The second-order valence-corrected chi connectivity index (χ2v) is 5.62. The summed E-state index contributed by atoms with van der Waals surface area (Å²) in [6.07, 6.45) is 2.57. The highest BCUT2D eigenvalue weighted by atomic mass is 19.1. The minimum Gasteiger partial charge on any atom is -0.274 e. The molecule has 1 heterocycles. The van der Waals surface area contributed by atoms with Crippen molar-refractivity contribution < 1.29 is 14.0 Å². The fourth-order valence-electron chi connectivity index (χ4n) is 3.23. The summed E-state index contributed by atoms with van der Waals surface area (Å²) < 4.78 is 12.9. The van der Waals surface area contributed by atoms with Crippen LogP contribution in [0.15, 0.2) is 24.3 Å². The Kier molecular flexibility index (Phi) is 2.88. The SMILES string of the molecule is C[C@H]1CC[C@H]2C(=O)N(c3ccc(F)cc3)C(=O)[C@@H]2C1. The Morgan fingerprint density at radius 3 is 2.37 bits per heavy atom. The fraction of sp³-hybridized carbons (Fsp3) is 0.467. The van der Waals surface area contributed by atoms with E-state index in [4.69, 9.17) is 0 Å². The number of fused-ring (bicyclic) bond motifs is 1. The minimum atomic E-state index is -0.367. The first kappa shape index (κ1) is 12.3. The smallest absolute Gasteiger partial charge is 0.237 e. The highest BCUT2D eigenvalue weighted by molar-refractivity contribution is 6.22. The second kappa shape index (κ2) is 4.44. The molecule has 3 atom stereocenters. The van der Waals surface area contributed by atoms with Crippen LogP contribution >= 0.6 is 0 Å². The topological polar surface area (TPSA) is 37.4 Å². The quantitative estimate of drug-likeness (QED) is 0.729. The van der Waals surface area contributed by atoms with Gasteiger partial charge in [-0.3, -0.25) is 14.5 Å². The van der Waals surface area contributed by atoms with E-state index in [0.29, 0.717) is 11.6 Å². The van der Waals surface area contributed by atoms with Crippen molar-refractivity contribution in [3.63, 3.8) is 0 Å². The van der Waals surface area contributed by atoms with Crippen LogP contribution in [0.3, 0.4) is 0 Å². The summed E-state index contributed by atoms with van der Waals surface area (Å²) in [6, 6.07) is 5.54. The maximum atomic E-state index is 12.9. The van der Waals surface area contributed by atoms with Crippen LogP contribution in [-0.2, 0) is 9.59 Å². The highest BCUT2D eigenvalue weighted by Gasteiger charge is 2.49. The second-order valence-electron chi connectivity index (χ2n) is 5.62. The van der Waals surface area contributed by atoms with E-state index in [1.54, 1.807) is 0 Å². The van der Waals surface area contributed by atoms with Gasteiger partial charge in [0.25, 0.3) is 0 Å². The molecule has 1 aliphatic carbocycles. The van der Waals surface area contributed by atoms with Crippen molar-refractivity contribution in [2.75, 3.05) is 4.90 Å². The Morgan fingerprint density at radius 1 is 1.05 bits per heavy atom. The molecule has 2 amide bonds. The highest BCUT2D eigenvalue weighted by Crippen LogP contribution is 2.42. The van der Waals surface area contributed by atoms with Crippen LogP contribution in [0.25, 0.3) is 0 Å². The number of rotatable bonds is 1. The first-order valence-electron chi connectivity index (χ1n) is 6.71. The first-order valence-corrected chi connectivity index (χ1v) is 6.71. The van der Waals surface area contributed by atoms with Gasteiger partial charge in [0.05, 0.1) is 17.5 Å². The monoisotopic (exact) mass is 261 g/mol. The molecule has 1 saturated carbocycles. The van der Waals surface area contributed by atoms with E-state index in [1.165, 1.54) is 29.2 Å². The van der Waals surface area contributed by atoms with Crippen LogP contribution in [0.5, 0.6) is 0 Å². The third kappa shape index (κ3) is 1.95. The predicted molar refractivity (Wildman–Crippen MR) is 68.9 cm³/mol. The van der Waals surface area contributed by atoms with Crippen molar-refractivity contribution in [2.24, 2.45) is 17.8 Å². The van der Waals surface area contributed by atoms with Crippen LogP contribution in [0, 0.1) is 23.6 Å². The van der Waals surface area contributed by atoms with Gasteiger partial charge in [0.15, 0.2) is 0 Å². The molecular formula is C15H16FNO2. The summed E-state index contributed by atoms with van der Waals surface area (Å²) in [5.41, 5.74) is 0.485. The fourth-order valence-corrected chi connectivity index (χ4v) is 3.23. The maximum Gasteiger partial charge on any atom is 0.237 e. The van der Waals surface area contributed by atoms with Gasteiger partial charge in [0, 0.05) is 0 Å². The zero-order chi connectivity index (χ0) is 13.6. The summed E-state index contributed by atoms with van der Waals surface area (Å²) >= 11 is 0. The van der Waals surface area contributed by atoms with Gasteiger partial charge >= 0.3 is 0 Å². The number of carbonyl (C=O) groups excluding carboxylic acids is 2. The summed E-state index contributed by atoms with van der Waals surface area (Å²) in [5, 5.41) is 0. The van der Waals surface area contributed by atoms with Gasteiger partial charge in [-0.05, 0) is 49.4 Å². The lowest BCUT2D eigenvalue weighted by atomic mass is 9.76. The number of amides is 2. The molecule has 1 saturated heterocycles. The van der Waals surface area contributed by atoms with Gasteiger partial charge in [-0.15, -0.1) is 0 Å². The molecular weight excluding hydrogens is 245 g/mol. The van der Waals surface area contributed by atoms with Crippen molar-refractivity contribution in [3.8, 4) is 0 Å². The van der Waals surface area contributed by atoms with E-state index in [-0.39, 0.29) is 29.5 Å². The first-order chi connectivity index (χ1) is 9.08. The van der Waals surface area contributed by atoms with E-state index >= 15 is 0 Å². The lowest BCUT2D eigenvalue weighted by molar-refractivity contribution is -0.122. The maximum absolute atomic E-state index is 12.9. The lowest BCUT2D eigenvalue weighted by Gasteiger charge is -2.25. The number of imide groups is 1. The van der Waals surface area contributed by atoms with E-state index < -0.39 is 0 Å². The number of benzene rings is 1. The molecule has 1 aromatic carbocycles. The van der Waals surface area contributed by atoms with Gasteiger partial charge < -0.3 is 0 Å². The van der Waals surface area contributed by atoms with Crippen LogP contribution in [0.2, 0.25) is 0 Å². The molecule has 2 aliphatic rings. The van der Waals surface area contributed by atoms with E-state index in [0.717, 1.165) is 19.3 Å². The van der Waals surface area contributed by atoms with Crippen LogP contribution in [0.4, 0.5) is 10.1 Å². The Balaban J connectivity index is 1.93. The van der Waals surface area contributed by atoms with Gasteiger partial charge in [0.1, 0.15) is 5.82 Å². The average Bonchev–Trinajstić information content (AvgIpc) is 2.63. The number of nitrogens with zero attached hydrogens (tertiary/aromatic N) is 1. The van der Waals surface area contributed by atoms with Crippen LogP contribution < -0.4 is 4.90 Å². The molecule has 3 nitrogen and oxygen atoms in total. The Labute approximate surface area is 111 Å². The predicted octanol–water partition coefficient (Wildman–Crippen LogP) is 2.75. The van der Waals surface area contributed by atoms with Crippen molar-refractivity contribution in [1.82, 2.24) is 0 Å². The Morgan fingerprint density at radius 2 is 1.68 bits per heavy atom. The van der Waals surface area contributed by atoms with Gasteiger partial charge in [-0.25, -0.2) is 4.39 Å². The molecule has 1 aromatic rings. The Bertz CT molecular complexity index is 525. The minimum absolute atomic E-state index is 0.117. The van der Waals surface area contributed by atoms with Gasteiger partial charge in [0.2, 0.25) is 11.8 Å². The number of hydrogen-bond donors (Lipinski definition) is 0. The van der Waals surface area contributed by atoms with Crippen LogP contribution in [-0.4, -0.2) is 11.8 Å². The Hall–Kier alpha value is -1.71.